The molecule has 0 saturated heterocycles. The lowest BCUT2D eigenvalue weighted by Crippen LogP contribution is -2.19. The van der Waals surface area contributed by atoms with Crippen LogP contribution in [-0.4, -0.2) is 26.8 Å². The van der Waals surface area contributed by atoms with Crippen LogP contribution in [0.5, 0.6) is 0 Å². The molecule has 8 heteroatoms. The summed E-state index contributed by atoms with van der Waals surface area (Å²) in [5.41, 5.74) is 1.62. The van der Waals surface area contributed by atoms with Crippen molar-refractivity contribution in [2.45, 2.75) is 11.6 Å². The molecule has 0 radical (unpaired) electrons. The molecule has 0 saturated carbocycles. The van der Waals surface area contributed by atoms with Crippen molar-refractivity contribution in [3.05, 3.63) is 81.2 Å². The molecule has 0 spiro atoms. The van der Waals surface area contributed by atoms with Gasteiger partial charge in [0.15, 0.2) is 5.16 Å². The summed E-state index contributed by atoms with van der Waals surface area (Å²) in [4.78, 5) is 26.7. The van der Waals surface area contributed by atoms with E-state index in [1.165, 1.54) is 0 Å². The van der Waals surface area contributed by atoms with Gasteiger partial charge in [0.05, 0.1) is 5.75 Å². The Balaban J connectivity index is 1.58. The molecule has 132 valence electrons. The van der Waals surface area contributed by atoms with Gasteiger partial charge in [0.2, 0.25) is 5.91 Å². The number of H-pyrrole nitrogens is 1. The predicted molar refractivity (Wildman–Crippen MR) is 103 cm³/mol. The van der Waals surface area contributed by atoms with Gasteiger partial charge in [-0.1, -0.05) is 53.7 Å². The number of aromatic amines is 1. The van der Waals surface area contributed by atoms with Crippen molar-refractivity contribution in [2.24, 2.45) is 0 Å². The Bertz CT molecular complexity index is 945. The molecule has 0 aliphatic carbocycles. The van der Waals surface area contributed by atoms with E-state index in [1.807, 2.05) is 30.3 Å². The topological polar surface area (TPSA) is 87.7 Å². The molecule has 3 aromatic rings. The number of nitrogens with zero attached hydrogens (tertiary/aromatic N) is 2. The SMILES string of the molecule is O=C(CSc1nnc(Cc2ccc(Cl)cc2)c(=O)[nH]1)Nc1ccccc1. The summed E-state index contributed by atoms with van der Waals surface area (Å²) in [7, 11) is 0. The summed E-state index contributed by atoms with van der Waals surface area (Å²) in [5, 5.41) is 11.7. The van der Waals surface area contributed by atoms with E-state index in [-0.39, 0.29) is 17.2 Å². The van der Waals surface area contributed by atoms with Crippen molar-refractivity contribution < 1.29 is 4.79 Å². The molecule has 0 aliphatic rings. The molecule has 0 atom stereocenters. The first-order chi connectivity index (χ1) is 12.6. The number of benzene rings is 2. The highest BCUT2D eigenvalue weighted by molar-refractivity contribution is 7.99. The third-order valence-electron chi connectivity index (χ3n) is 3.43. The van der Waals surface area contributed by atoms with Gasteiger partial charge in [-0.2, -0.15) is 0 Å². The molecule has 6 nitrogen and oxygen atoms in total. The second-order valence-electron chi connectivity index (χ2n) is 5.41. The summed E-state index contributed by atoms with van der Waals surface area (Å²) in [6.07, 6.45) is 0.360. The number of halogens is 1. The number of aromatic nitrogens is 3. The minimum Gasteiger partial charge on any atom is -0.325 e. The highest BCUT2D eigenvalue weighted by Gasteiger charge is 2.09. The van der Waals surface area contributed by atoms with Crippen molar-refractivity contribution in [2.75, 3.05) is 11.1 Å². The van der Waals surface area contributed by atoms with E-state index in [0.29, 0.717) is 22.3 Å². The average Bonchev–Trinajstić information content (AvgIpc) is 2.64. The Morgan fingerprint density at radius 2 is 1.81 bits per heavy atom. The zero-order chi connectivity index (χ0) is 18.4. The van der Waals surface area contributed by atoms with E-state index in [4.69, 9.17) is 11.6 Å². The van der Waals surface area contributed by atoms with E-state index in [9.17, 15) is 9.59 Å². The van der Waals surface area contributed by atoms with Crippen molar-refractivity contribution >= 4 is 35.0 Å². The number of hydrogen-bond acceptors (Lipinski definition) is 5. The van der Waals surface area contributed by atoms with Crippen molar-refractivity contribution in [1.29, 1.82) is 0 Å². The fraction of sp³-hybridized carbons (Fsp3) is 0.111. The molecule has 1 amide bonds. The zero-order valence-electron chi connectivity index (χ0n) is 13.6. The van der Waals surface area contributed by atoms with Gasteiger partial charge in [-0.05, 0) is 29.8 Å². The number of para-hydroxylation sites is 1. The molecule has 3 rings (SSSR count). The normalized spacial score (nSPS) is 10.5. The van der Waals surface area contributed by atoms with Gasteiger partial charge in [0, 0.05) is 17.1 Å². The van der Waals surface area contributed by atoms with Crippen LogP contribution in [0.25, 0.3) is 0 Å². The minimum atomic E-state index is -0.319. The lowest BCUT2D eigenvalue weighted by Gasteiger charge is -2.05. The summed E-state index contributed by atoms with van der Waals surface area (Å²) in [6, 6.07) is 16.3. The molecule has 0 aliphatic heterocycles. The second kappa shape index (κ2) is 8.64. The second-order valence-corrected chi connectivity index (χ2v) is 6.81. The summed E-state index contributed by atoms with van der Waals surface area (Å²) in [5.74, 6) is -0.0650. The Labute approximate surface area is 159 Å². The number of thioether (sulfide) groups is 1. The molecule has 2 aromatic carbocycles. The lowest BCUT2D eigenvalue weighted by atomic mass is 10.1. The van der Waals surface area contributed by atoms with Crippen LogP contribution >= 0.6 is 23.4 Å². The van der Waals surface area contributed by atoms with Crippen molar-refractivity contribution in [1.82, 2.24) is 15.2 Å². The zero-order valence-corrected chi connectivity index (χ0v) is 15.2. The maximum atomic E-state index is 12.1. The predicted octanol–water partition coefficient (Wildman–Crippen LogP) is 3.14. The highest BCUT2D eigenvalue weighted by atomic mass is 35.5. The molecule has 2 N–H and O–H groups in total. The van der Waals surface area contributed by atoms with Gasteiger partial charge >= 0.3 is 0 Å². The number of hydrogen-bond donors (Lipinski definition) is 2. The molecule has 0 fully saturated rings. The quantitative estimate of drug-likeness (QED) is 0.635. The number of rotatable bonds is 6. The fourth-order valence-corrected chi connectivity index (χ4v) is 2.90. The van der Waals surface area contributed by atoms with Gasteiger partial charge in [-0.25, -0.2) is 0 Å². The van der Waals surface area contributed by atoms with Crippen molar-refractivity contribution in [3.63, 3.8) is 0 Å². The van der Waals surface area contributed by atoms with E-state index in [0.717, 1.165) is 23.0 Å². The van der Waals surface area contributed by atoms with Gasteiger partial charge < -0.3 is 5.32 Å². The van der Waals surface area contributed by atoms with Crippen LogP contribution in [-0.2, 0) is 11.2 Å². The summed E-state index contributed by atoms with van der Waals surface area (Å²) in [6.45, 7) is 0. The van der Waals surface area contributed by atoms with E-state index in [1.54, 1.807) is 24.3 Å². The summed E-state index contributed by atoms with van der Waals surface area (Å²) < 4.78 is 0. The van der Waals surface area contributed by atoms with Gasteiger partial charge in [-0.3, -0.25) is 14.6 Å². The highest BCUT2D eigenvalue weighted by Crippen LogP contribution is 2.13. The third kappa shape index (κ3) is 5.18. The Morgan fingerprint density at radius 1 is 1.08 bits per heavy atom. The molecule has 26 heavy (non-hydrogen) atoms. The maximum absolute atomic E-state index is 12.1. The largest absolute Gasteiger partial charge is 0.325 e. The van der Waals surface area contributed by atoms with E-state index in [2.05, 4.69) is 20.5 Å². The van der Waals surface area contributed by atoms with Crippen LogP contribution in [0.3, 0.4) is 0 Å². The standard InChI is InChI=1S/C18H15ClN4O2S/c19-13-8-6-12(7-9-13)10-15-17(25)21-18(23-22-15)26-11-16(24)20-14-4-2-1-3-5-14/h1-9H,10-11H2,(H,20,24)(H,21,23,25). The number of amides is 1. The molecule has 0 unspecified atom stereocenters. The molecule has 1 heterocycles. The summed E-state index contributed by atoms with van der Waals surface area (Å²) >= 11 is 6.97. The Hall–Kier alpha value is -2.64. The Morgan fingerprint density at radius 3 is 2.50 bits per heavy atom. The van der Waals surface area contributed by atoms with Gasteiger partial charge in [0.25, 0.3) is 5.56 Å². The maximum Gasteiger partial charge on any atom is 0.273 e. The Kier molecular flexibility index (Phi) is 6.04. The first kappa shape index (κ1) is 18.2. The van der Waals surface area contributed by atoms with Crippen LogP contribution in [0.2, 0.25) is 5.02 Å². The third-order valence-corrected chi connectivity index (χ3v) is 4.54. The van der Waals surface area contributed by atoms with Crippen LogP contribution in [0.4, 0.5) is 5.69 Å². The monoisotopic (exact) mass is 386 g/mol. The minimum absolute atomic E-state index is 0.121. The van der Waals surface area contributed by atoms with Crippen LogP contribution < -0.4 is 10.9 Å². The number of carbonyl (C=O) groups is 1. The molecular weight excluding hydrogens is 372 g/mol. The number of carbonyl (C=O) groups excluding carboxylic acids is 1. The number of nitrogens with one attached hydrogen (secondary N) is 2. The van der Waals surface area contributed by atoms with Gasteiger partial charge in [-0.15, -0.1) is 10.2 Å². The van der Waals surface area contributed by atoms with Crippen molar-refractivity contribution in [3.8, 4) is 0 Å². The fourth-order valence-electron chi connectivity index (χ4n) is 2.17. The molecule has 0 bridgehead atoms. The van der Waals surface area contributed by atoms with E-state index >= 15 is 0 Å². The lowest BCUT2D eigenvalue weighted by molar-refractivity contribution is -0.113. The first-order valence-electron chi connectivity index (χ1n) is 7.78. The van der Waals surface area contributed by atoms with Crippen LogP contribution in [0.15, 0.2) is 64.5 Å². The van der Waals surface area contributed by atoms with Gasteiger partial charge in [0.1, 0.15) is 5.69 Å². The van der Waals surface area contributed by atoms with Crippen LogP contribution in [0.1, 0.15) is 11.3 Å². The number of anilines is 1. The van der Waals surface area contributed by atoms with E-state index < -0.39 is 0 Å². The molecular formula is C18H15ClN4O2S. The molecule has 1 aromatic heterocycles. The average molecular weight is 387 g/mol. The smallest absolute Gasteiger partial charge is 0.273 e. The van der Waals surface area contributed by atoms with Crippen LogP contribution in [0, 0.1) is 0 Å². The first-order valence-corrected chi connectivity index (χ1v) is 9.14.